The first-order valence-electron chi connectivity index (χ1n) is 11.4. The number of hydrogen-bond acceptors (Lipinski definition) is 8. The topological polar surface area (TPSA) is 133 Å². The molecule has 0 radical (unpaired) electrons. The zero-order chi connectivity index (χ0) is 28.2. The number of aryl methyl sites for hydroxylation is 1. The van der Waals surface area contributed by atoms with Gasteiger partial charge in [-0.15, -0.1) is 0 Å². The number of nitrogen functional groups attached to an aromatic ring is 1. The molecule has 4 rings (SSSR count). The van der Waals surface area contributed by atoms with E-state index in [9.17, 15) is 28.8 Å². The van der Waals surface area contributed by atoms with Crippen molar-refractivity contribution >= 4 is 29.2 Å². The van der Waals surface area contributed by atoms with Crippen LogP contribution in [-0.4, -0.2) is 27.4 Å². The molecule has 0 saturated carbocycles. The Morgan fingerprint density at radius 2 is 1.64 bits per heavy atom. The van der Waals surface area contributed by atoms with Gasteiger partial charge in [-0.3, -0.25) is 0 Å². The Labute approximate surface area is 230 Å². The number of alkyl halides is 3. The van der Waals surface area contributed by atoms with Gasteiger partial charge < -0.3 is 15.3 Å². The molecule has 0 amide bonds. The summed E-state index contributed by atoms with van der Waals surface area (Å²) in [7, 11) is 0. The number of aromatic nitrogens is 2. The fraction of sp³-hybridized carbons (Fsp3) is 0.185. The van der Waals surface area contributed by atoms with Crippen LogP contribution in [0.25, 0.3) is 22.6 Å². The zero-order valence-electron chi connectivity index (χ0n) is 20.0. The molecule has 0 aliphatic rings. The first-order valence-corrected chi connectivity index (χ1v) is 12.8. The van der Waals surface area contributed by atoms with Gasteiger partial charge in [0.2, 0.25) is 5.89 Å². The van der Waals surface area contributed by atoms with Crippen LogP contribution in [0.15, 0.2) is 64.2 Å². The first-order chi connectivity index (χ1) is 18.6. The average molecular weight is 570 g/mol. The molecule has 2 heterocycles. The number of oxazole rings is 1. The van der Waals surface area contributed by atoms with Crippen LogP contribution in [0, 0.1) is 22.7 Å². The molecule has 0 aliphatic carbocycles. The van der Waals surface area contributed by atoms with E-state index >= 15 is 0 Å². The molecule has 7 nitrogen and oxygen atoms in total. The highest BCUT2D eigenvalue weighted by Gasteiger charge is 2.37. The van der Waals surface area contributed by atoms with Crippen molar-refractivity contribution in [3.63, 3.8) is 0 Å². The molecular formula is C27H19ClF3N5O2S. The van der Waals surface area contributed by atoms with Gasteiger partial charge in [-0.2, -0.15) is 23.7 Å². The normalized spacial score (nSPS) is 12.1. The number of nitriles is 2. The first kappa shape index (κ1) is 28.0. The van der Waals surface area contributed by atoms with Crippen LogP contribution in [0.3, 0.4) is 0 Å². The summed E-state index contributed by atoms with van der Waals surface area (Å²) in [5.74, 6) is 0.635. The van der Waals surface area contributed by atoms with Crippen LogP contribution in [0.2, 0.25) is 5.02 Å². The van der Waals surface area contributed by atoms with Crippen molar-refractivity contribution in [3.05, 3.63) is 82.2 Å². The second-order valence-electron chi connectivity index (χ2n) is 8.38. The van der Waals surface area contributed by atoms with E-state index in [0.29, 0.717) is 33.5 Å². The Kier molecular flexibility index (Phi) is 8.46. The lowest BCUT2D eigenvalue weighted by Crippen LogP contribution is -2.28. The van der Waals surface area contributed by atoms with Crippen molar-refractivity contribution < 1.29 is 22.7 Å². The van der Waals surface area contributed by atoms with E-state index in [2.05, 4.69) is 16.0 Å². The van der Waals surface area contributed by atoms with Crippen molar-refractivity contribution in [2.75, 3.05) is 5.73 Å². The van der Waals surface area contributed by atoms with E-state index in [1.54, 1.807) is 48.5 Å². The van der Waals surface area contributed by atoms with Crippen molar-refractivity contribution in [2.24, 2.45) is 0 Å². The molecule has 198 valence electrons. The maximum atomic E-state index is 12.6. The Morgan fingerprint density at radius 3 is 2.26 bits per heavy atom. The Balaban J connectivity index is 1.58. The van der Waals surface area contributed by atoms with E-state index in [0.717, 1.165) is 5.56 Å². The number of nitrogens with two attached hydrogens (primary N) is 1. The van der Waals surface area contributed by atoms with Crippen molar-refractivity contribution in [1.82, 2.24) is 9.97 Å². The molecule has 3 N–H and O–H groups in total. The molecule has 0 saturated heterocycles. The predicted molar refractivity (Wildman–Crippen MR) is 140 cm³/mol. The minimum absolute atomic E-state index is 0.00747. The average Bonchev–Trinajstić information content (AvgIpc) is 3.39. The summed E-state index contributed by atoms with van der Waals surface area (Å²) >= 11 is 7.12. The zero-order valence-corrected chi connectivity index (χ0v) is 21.6. The van der Waals surface area contributed by atoms with E-state index in [1.807, 2.05) is 6.07 Å². The van der Waals surface area contributed by atoms with Crippen LogP contribution < -0.4 is 5.73 Å². The van der Waals surface area contributed by atoms with Gasteiger partial charge in [-0.25, -0.2) is 9.97 Å². The maximum Gasteiger partial charge on any atom is 0.414 e. The summed E-state index contributed by atoms with van der Waals surface area (Å²) in [4.78, 5) is 8.73. The third kappa shape index (κ3) is 6.52. The molecule has 2 aromatic carbocycles. The lowest BCUT2D eigenvalue weighted by molar-refractivity contribution is -0.205. The minimum Gasteiger partial charge on any atom is -0.444 e. The minimum atomic E-state index is -4.69. The molecular weight excluding hydrogens is 551 g/mol. The predicted octanol–water partition coefficient (Wildman–Crippen LogP) is 6.53. The van der Waals surface area contributed by atoms with Crippen LogP contribution in [-0.2, 0) is 12.2 Å². The molecule has 12 heteroatoms. The number of halogens is 4. The number of hydrogen-bond donors (Lipinski definition) is 2. The number of rotatable bonds is 8. The highest BCUT2D eigenvalue weighted by molar-refractivity contribution is 7.98. The monoisotopic (exact) mass is 569 g/mol. The molecule has 1 unspecified atom stereocenters. The number of aliphatic hydroxyl groups is 1. The molecule has 0 aliphatic heterocycles. The number of benzene rings is 2. The Bertz CT molecular complexity index is 1560. The lowest BCUT2D eigenvalue weighted by atomic mass is 9.95. The maximum absolute atomic E-state index is 12.6. The quantitative estimate of drug-likeness (QED) is 0.229. The van der Waals surface area contributed by atoms with Gasteiger partial charge in [0.25, 0.3) is 0 Å². The highest BCUT2D eigenvalue weighted by Crippen LogP contribution is 2.37. The second kappa shape index (κ2) is 11.8. The summed E-state index contributed by atoms with van der Waals surface area (Å²) in [6.45, 7) is 0. The SMILES string of the molecule is N#Cc1c(N)nc(SCc2coc(-c3ccc(Cl)cc3)n2)c(C#N)c1-c1ccc(CCC(O)C(F)(F)F)cc1. The highest BCUT2D eigenvalue weighted by atomic mass is 35.5. The number of aliphatic hydroxyl groups excluding tert-OH is 1. The summed E-state index contributed by atoms with van der Waals surface area (Å²) in [5, 5.41) is 29.8. The fourth-order valence-corrected chi connectivity index (χ4v) is 4.74. The lowest BCUT2D eigenvalue weighted by Gasteiger charge is -2.15. The molecule has 0 spiro atoms. The molecule has 39 heavy (non-hydrogen) atoms. The standard InChI is InChI=1S/C27H19ClF3N5O2S/c28-18-8-6-17(7-9-18)25-35-19(13-38-25)14-39-26-21(12-33)23(20(11-32)24(34)36-26)16-4-1-15(2-5-16)3-10-22(37)27(29,30)31/h1-2,4-9,13,22,37H,3,10,14H2,(H2,34,36). The van der Waals surface area contributed by atoms with E-state index in [1.165, 1.54) is 18.0 Å². The van der Waals surface area contributed by atoms with Gasteiger partial charge in [0.1, 0.15) is 40.9 Å². The van der Waals surface area contributed by atoms with E-state index in [4.69, 9.17) is 21.8 Å². The van der Waals surface area contributed by atoms with Gasteiger partial charge in [0, 0.05) is 21.9 Å². The smallest absolute Gasteiger partial charge is 0.414 e. The van der Waals surface area contributed by atoms with Crippen molar-refractivity contribution in [1.29, 1.82) is 10.5 Å². The summed E-state index contributed by atoms with van der Waals surface area (Å²) in [5.41, 5.74) is 8.86. The Morgan fingerprint density at radius 1 is 1.00 bits per heavy atom. The molecule has 2 aromatic heterocycles. The van der Waals surface area contributed by atoms with Crippen LogP contribution in [0.5, 0.6) is 0 Å². The van der Waals surface area contributed by atoms with Gasteiger partial charge in [-0.1, -0.05) is 47.6 Å². The molecule has 1 atom stereocenters. The van der Waals surface area contributed by atoms with Gasteiger partial charge >= 0.3 is 6.18 Å². The number of pyridine rings is 1. The van der Waals surface area contributed by atoms with Gasteiger partial charge in [0.05, 0.1) is 11.3 Å². The second-order valence-corrected chi connectivity index (χ2v) is 9.78. The van der Waals surface area contributed by atoms with Gasteiger partial charge in [-0.05, 0) is 48.2 Å². The fourth-order valence-electron chi connectivity index (χ4n) is 3.74. The molecule has 0 fully saturated rings. The number of anilines is 1. The van der Waals surface area contributed by atoms with Crippen LogP contribution >= 0.6 is 23.4 Å². The van der Waals surface area contributed by atoms with Crippen molar-refractivity contribution in [3.8, 4) is 34.7 Å². The van der Waals surface area contributed by atoms with E-state index in [-0.39, 0.29) is 34.0 Å². The van der Waals surface area contributed by atoms with E-state index < -0.39 is 18.7 Å². The number of nitrogens with zero attached hydrogens (tertiary/aromatic N) is 4. The molecule has 0 bridgehead atoms. The van der Waals surface area contributed by atoms with Crippen LogP contribution in [0.1, 0.15) is 28.8 Å². The third-order valence-corrected chi connectivity index (χ3v) is 7.00. The third-order valence-electron chi connectivity index (χ3n) is 5.74. The molecule has 4 aromatic rings. The van der Waals surface area contributed by atoms with Crippen LogP contribution in [0.4, 0.5) is 19.0 Å². The largest absolute Gasteiger partial charge is 0.444 e. The number of thioether (sulfide) groups is 1. The Hall–Kier alpha value is -4.03. The summed E-state index contributed by atoms with van der Waals surface area (Å²) < 4.78 is 43.4. The summed E-state index contributed by atoms with van der Waals surface area (Å²) in [6.07, 6.45) is -6.10. The van der Waals surface area contributed by atoms with Gasteiger partial charge in [0.15, 0.2) is 0 Å². The van der Waals surface area contributed by atoms with Crippen molar-refractivity contribution in [2.45, 2.75) is 35.9 Å². The summed E-state index contributed by atoms with van der Waals surface area (Å²) in [6, 6.07) is 17.4.